The maximum atomic E-state index is 11.7. The lowest BCUT2D eigenvalue weighted by Crippen LogP contribution is -2.53. The smallest absolute Gasteiger partial charge is 0.328 e. The predicted octanol–water partition coefficient (Wildman–Crippen LogP) is -0.830. The fraction of sp³-hybridized carbons (Fsp3) is 0.800. The summed E-state index contributed by atoms with van der Waals surface area (Å²) in [4.78, 5) is 22.8. The van der Waals surface area contributed by atoms with Crippen LogP contribution in [-0.4, -0.2) is 43.8 Å². The number of amides is 1. The van der Waals surface area contributed by atoms with Gasteiger partial charge in [-0.2, -0.15) is 0 Å². The zero-order valence-corrected chi connectivity index (χ0v) is 9.56. The van der Waals surface area contributed by atoms with E-state index < -0.39 is 18.1 Å². The van der Waals surface area contributed by atoms with E-state index in [1.54, 1.807) is 6.92 Å². The molecular weight excluding hydrogens is 212 g/mol. The van der Waals surface area contributed by atoms with Gasteiger partial charge in [0, 0.05) is 12.6 Å². The molecule has 0 radical (unpaired) electrons. The summed E-state index contributed by atoms with van der Waals surface area (Å²) in [6.07, 6.45) is 0.947. The SMILES string of the molecule is COC(=O)[C@@H](C)NC(=O)[C@H]1OCCC[C@@H]1N. The van der Waals surface area contributed by atoms with E-state index in [9.17, 15) is 9.59 Å². The molecule has 0 aromatic rings. The van der Waals surface area contributed by atoms with Crippen molar-refractivity contribution in [2.24, 2.45) is 5.73 Å². The van der Waals surface area contributed by atoms with E-state index in [2.05, 4.69) is 10.1 Å². The Morgan fingerprint density at radius 2 is 2.25 bits per heavy atom. The fourth-order valence-electron chi connectivity index (χ4n) is 1.61. The zero-order chi connectivity index (χ0) is 12.1. The minimum Gasteiger partial charge on any atom is -0.467 e. The van der Waals surface area contributed by atoms with Crippen LogP contribution in [-0.2, 0) is 19.1 Å². The molecule has 0 aromatic carbocycles. The number of hydrogen-bond donors (Lipinski definition) is 2. The highest BCUT2D eigenvalue weighted by Gasteiger charge is 2.31. The molecule has 1 aliphatic heterocycles. The molecule has 1 fully saturated rings. The van der Waals surface area contributed by atoms with Crippen LogP contribution < -0.4 is 11.1 Å². The Labute approximate surface area is 94.5 Å². The average molecular weight is 230 g/mol. The molecule has 1 aliphatic rings. The minimum atomic E-state index is -0.685. The number of methoxy groups -OCH3 is 1. The van der Waals surface area contributed by atoms with Crippen molar-refractivity contribution in [3.8, 4) is 0 Å². The second-order valence-electron chi connectivity index (χ2n) is 3.85. The summed E-state index contributed by atoms with van der Waals surface area (Å²) in [7, 11) is 1.27. The maximum Gasteiger partial charge on any atom is 0.328 e. The summed E-state index contributed by atoms with van der Waals surface area (Å²) in [6, 6.07) is -0.992. The molecule has 92 valence electrons. The Kier molecular flexibility index (Phi) is 4.70. The first-order chi connectivity index (χ1) is 7.56. The highest BCUT2D eigenvalue weighted by atomic mass is 16.5. The van der Waals surface area contributed by atoms with E-state index in [4.69, 9.17) is 10.5 Å². The molecule has 0 spiro atoms. The molecule has 0 bridgehead atoms. The maximum absolute atomic E-state index is 11.7. The third-order valence-corrected chi connectivity index (χ3v) is 2.54. The highest BCUT2D eigenvalue weighted by molar-refractivity contribution is 5.87. The first-order valence-electron chi connectivity index (χ1n) is 5.31. The molecule has 6 heteroatoms. The van der Waals surface area contributed by atoms with Crippen molar-refractivity contribution in [1.29, 1.82) is 0 Å². The fourth-order valence-corrected chi connectivity index (χ4v) is 1.61. The second kappa shape index (κ2) is 5.81. The van der Waals surface area contributed by atoms with Gasteiger partial charge in [0.15, 0.2) is 6.10 Å². The lowest BCUT2D eigenvalue weighted by Gasteiger charge is -2.28. The van der Waals surface area contributed by atoms with Crippen molar-refractivity contribution >= 4 is 11.9 Å². The lowest BCUT2D eigenvalue weighted by atomic mass is 10.0. The summed E-state index contributed by atoms with van der Waals surface area (Å²) in [6.45, 7) is 2.08. The van der Waals surface area contributed by atoms with Crippen molar-refractivity contribution in [3.63, 3.8) is 0 Å². The zero-order valence-electron chi connectivity index (χ0n) is 9.56. The molecule has 1 saturated heterocycles. The molecule has 1 rings (SSSR count). The first kappa shape index (κ1) is 12.9. The van der Waals surface area contributed by atoms with Crippen LogP contribution in [0.2, 0.25) is 0 Å². The van der Waals surface area contributed by atoms with Crippen LogP contribution in [0.1, 0.15) is 19.8 Å². The Hall–Kier alpha value is -1.14. The number of rotatable bonds is 3. The molecule has 1 heterocycles. The number of carbonyl (C=O) groups is 2. The Morgan fingerprint density at radius 1 is 1.56 bits per heavy atom. The average Bonchev–Trinajstić information content (AvgIpc) is 2.28. The van der Waals surface area contributed by atoms with E-state index in [1.165, 1.54) is 7.11 Å². The summed E-state index contributed by atoms with van der Waals surface area (Å²) >= 11 is 0. The minimum absolute atomic E-state index is 0.307. The molecular formula is C10H18N2O4. The van der Waals surface area contributed by atoms with Crippen molar-refractivity contribution in [3.05, 3.63) is 0 Å². The molecule has 0 unspecified atom stereocenters. The van der Waals surface area contributed by atoms with Crippen molar-refractivity contribution in [1.82, 2.24) is 5.32 Å². The van der Waals surface area contributed by atoms with Gasteiger partial charge in [0.05, 0.1) is 7.11 Å². The molecule has 3 atom stereocenters. The predicted molar refractivity (Wildman–Crippen MR) is 56.6 cm³/mol. The van der Waals surface area contributed by atoms with Gasteiger partial charge in [-0.15, -0.1) is 0 Å². The number of hydrogen-bond acceptors (Lipinski definition) is 5. The van der Waals surface area contributed by atoms with Crippen LogP contribution in [0.15, 0.2) is 0 Å². The Balaban J connectivity index is 2.47. The van der Waals surface area contributed by atoms with Crippen LogP contribution in [0.4, 0.5) is 0 Å². The van der Waals surface area contributed by atoms with Crippen LogP contribution in [0.5, 0.6) is 0 Å². The van der Waals surface area contributed by atoms with Gasteiger partial charge in [0.25, 0.3) is 5.91 Å². The first-order valence-corrected chi connectivity index (χ1v) is 5.31. The van der Waals surface area contributed by atoms with E-state index in [-0.39, 0.29) is 11.9 Å². The van der Waals surface area contributed by atoms with E-state index >= 15 is 0 Å². The van der Waals surface area contributed by atoms with Gasteiger partial charge in [-0.3, -0.25) is 4.79 Å². The molecule has 6 nitrogen and oxygen atoms in total. The van der Waals surface area contributed by atoms with Gasteiger partial charge < -0.3 is 20.5 Å². The number of esters is 1. The monoisotopic (exact) mass is 230 g/mol. The number of nitrogens with one attached hydrogen (secondary N) is 1. The molecule has 3 N–H and O–H groups in total. The van der Waals surface area contributed by atoms with Crippen molar-refractivity contribution in [2.45, 2.75) is 38.0 Å². The van der Waals surface area contributed by atoms with E-state index in [1.807, 2.05) is 0 Å². The Morgan fingerprint density at radius 3 is 2.81 bits per heavy atom. The van der Waals surface area contributed by atoms with Gasteiger partial charge in [0.1, 0.15) is 6.04 Å². The summed E-state index contributed by atoms with van der Waals surface area (Å²) < 4.78 is 9.78. The van der Waals surface area contributed by atoms with Crippen molar-refractivity contribution < 1.29 is 19.1 Å². The third-order valence-electron chi connectivity index (χ3n) is 2.54. The molecule has 16 heavy (non-hydrogen) atoms. The molecule has 0 aliphatic carbocycles. The highest BCUT2D eigenvalue weighted by Crippen LogP contribution is 2.12. The van der Waals surface area contributed by atoms with Crippen LogP contribution in [0, 0.1) is 0 Å². The van der Waals surface area contributed by atoms with E-state index in [0.717, 1.165) is 12.8 Å². The molecule has 0 aromatic heterocycles. The summed E-state index contributed by atoms with van der Waals surface area (Å²) in [5, 5.41) is 2.51. The number of nitrogens with two attached hydrogens (primary N) is 1. The van der Waals surface area contributed by atoms with Gasteiger partial charge in [0.2, 0.25) is 0 Å². The topological polar surface area (TPSA) is 90.6 Å². The van der Waals surface area contributed by atoms with Crippen molar-refractivity contribution in [2.75, 3.05) is 13.7 Å². The standard InChI is InChI=1S/C10H18N2O4/c1-6(10(14)15-2)12-9(13)8-7(11)4-3-5-16-8/h6-8H,3-5,11H2,1-2H3,(H,12,13)/t6-,7+,8+/m1/s1. The number of ether oxygens (including phenoxy) is 2. The Bertz CT molecular complexity index is 270. The third kappa shape index (κ3) is 3.18. The van der Waals surface area contributed by atoms with E-state index in [0.29, 0.717) is 6.61 Å². The molecule has 0 saturated carbocycles. The molecule has 1 amide bonds. The van der Waals surface area contributed by atoms with Crippen LogP contribution in [0.25, 0.3) is 0 Å². The normalized spacial score (nSPS) is 26.9. The van der Waals surface area contributed by atoms with Crippen LogP contribution >= 0.6 is 0 Å². The van der Waals surface area contributed by atoms with Gasteiger partial charge in [-0.1, -0.05) is 0 Å². The van der Waals surface area contributed by atoms with Gasteiger partial charge in [-0.05, 0) is 19.8 Å². The van der Waals surface area contributed by atoms with Gasteiger partial charge >= 0.3 is 5.97 Å². The lowest BCUT2D eigenvalue weighted by molar-refractivity contribution is -0.147. The number of carbonyl (C=O) groups excluding carboxylic acids is 2. The van der Waals surface area contributed by atoms with Gasteiger partial charge in [-0.25, -0.2) is 4.79 Å². The second-order valence-corrected chi connectivity index (χ2v) is 3.85. The largest absolute Gasteiger partial charge is 0.467 e. The summed E-state index contributed by atoms with van der Waals surface area (Å²) in [5.41, 5.74) is 5.76. The van der Waals surface area contributed by atoms with Crippen LogP contribution in [0.3, 0.4) is 0 Å². The quantitative estimate of drug-likeness (QED) is 0.618. The summed E-state index contributed by atoms with van der Waals surface area (Å²) in [5.74, 6) is -0.845.